The molecule has 6 nitrogen and oxygen atoms in total. The minimum Gasteiger partial charge on any atom is -0.497 e. The lowest BCUT2D eigenvalue weighted by Gasteiger charge is -2.12. The van der Waals surface area contributed by atoms with Crippen LogP contribution >= 0.6 is 8.25 Å². The van der Waals surface area contributed by atoms with Crippen LogP contribution in [0.2, 0.25) is 0 Å². The number of nitrogens with zero attached hydrogens (tertiary/aromatic N) is 1. The molecule has 0 aliphatic heterocycles. The third-order valence-electron chi connectivity index (χ3n) is 5.28. The van der Waals surface area contributed by atoms with Crippen molar-refractivity contribution in [1.82, 2.24) is 10.3 Å². The number of unbranched alkanes of at least 4 members (excludes halogenated alkanes) is 1. The van der Waals surface area contributed by atoms with Gasteiger partial charge in [-0.3, -0.25) is 9.55 Å². The molecule has 0 spiro atoms. The van der Waals surface area contributed by atoms with E-state index in [4.69, 9.17) is 14.2 Å². The minimum absolute atomic E-state index is 0.287. The molecule has 1 aromatic heterocycles. The highest BCUT2D eigenvalue weighted by atomic mass is 31.1. The van der Waals surface area contributed by atoms with E-state index in [1.54, 1.807) is 7.11 Å². The first kappa shape index (κ1) is 23.4. The number of rotatable bonds is 13. The molecule has 0 bridgehead atoms. The second-order valence-electron chi connectivity index (χ2n) is 7.49. The van der Waals surface area contributed by atoms with Gasteiger partial charge in [-0.1, -0.05) is 30.3 Å². The van der Waals surface area contributed by atoms with Crippen LogP contribution in [0.4, 0.5) is 0 Å². The first-order valence-corrected chi connectivity index (χ1v) is 12.0. The molecule has 3 aromatic rings. The number of nitrogens with one attached hydrogen (secondary N) is 1. The number of aryl methyl sites for hydroxylation is 2. The van der Waals surface area contributed by atoms with Gasteiger partial charge in [0.2, 0.25) is 0 Å². The fourth-order valence-corrected chi connectivity index (χ4v) is 4.02. The Kier molecular flexibility index (Phi) is 9.50. The molecular weight excluding hydrogens is 411 g/mol. The lowest BCUT2D eigenvalue weighted by atomic mass is 9.98. The van der Waals surface area contributed by atoms with E-state index in [9.17, 15) is 4.57 Å². The van der Waals surface area contributed by atoms with E-state index in [0.29, 0.717) is 13.0 Å². The first-order chi connectivity index (χ1) is 15.2. The zero-order valence-electron chi connectivity index (χ0n) is 18.0. The predicted octanol–water partition coefficient (Wildman–Crippen LogP) is 4.69. The third-order valence-corrected chi connectivity index (χ3v) is 5.73. The lowest BCUT2D eigenvalue weighted by molar-refractivity contribution is 0.276. The van der Waals surface area contributed by atoms with Crippen molar-refractivity contribution < 1.29 is 18.7 Å². The topological polar surface area (TPSA) is 80.7 Å². The van der Waals surface area contributed by atoms with E-state index in [1.807, 2.05) is 24.4 Å². The number of methoxy groups -OCH3 is 1. The number of benzene rings is 2. The second-order valence-corrected chi connectivity index (χ2v) is 8.31. The van der Waals surface area contributed by atoms with E-state index in [1.165, 1.54) is 16.5 Å². The van der Waals surface area contributed by atoms with Crippen molar-refractivity contribution in [1.29, 1.82) is 0 Å². The van der Waals surface area contributed by atoms with Crippen molar-refractivity contribution in [2.45, 2.75) is 38.6 Å². The number of pyridine rings is 1. The van der Waals surface area contributed by atoms with Crippen LogP contribution in [0.25, 0.3) is 10.9 Å². The van der Waals surface area contributed by atoms with Gasteiger partial charge >= 0.3 is 8.25 Å². The summed E-state index contributed by atoms with van der Waals surface area (Å²) in [4.78, 5) is 13.3. The molecule has 0 amide bonds. The predicted molar refractivity (Wildman–Crippen MR) is 125 cm³/mol. The normalized spacial score (nSPS) is 12.2. The van der Waals surface area contributed by atoms with Crippen molar-refractivity contribution in [3.63, 3.8) is 0 Å². The summed E-state index contributed by atoms with van der Waals surface area (Å²) < 4.78 is 20.6. The van der Waals surface area contributed by atoms with Crippen LogP contribution in [0.1, 0.15) is 36.0 Å². The van der Waals surface area contributed by atoms with Gasteiger partial charge in [0.05, 0.1) is 19.2 Å². The fraction of sp³-hybridized carbons (Fsp3) is 0.375. The number of hydrogen-bond acceptors (Lipinski definition) is 5. The Morgan fingerprint density at radius 2 is 1.87 bits per heavy atom. The summed E-state index contributed by atoms with van der Waals surface area (Å²) >= 11 is 0. The van der Waals surface area contributed by atoms with E-state index in [-0.39, 0.29) is 6.61 Å². The number of ether oxygens (including phenoxy) is 1. The number of fused-ring (bicyclic) bond motifs is 1. The Bertz CT molecular complexity index is 996. The largest absolute Gasteiger partial charge is 0.497 e. The molecule has 0 aliphatic rings. The van der Waals surface area contributed by atoms with Gasteiger partial charge in [-0.25, -0.2) is 0 Å². The van der Waals surface area contributed by atoms with E-state index < -0.39 is 8.25 Å². The SMILES string of the molecule is COc1cccc(CCCCc2ccc(CNCCCO[PH](=O)O)c3ncccc23)c1. The van der Waals surface area contributed by atoms with Gasteiger partial charge in [0.1, 0.15) is 5.75 Å². The van der Waals surface area contributed by atoms with Crippen molar-refractivity contribution in [2.75, 3.05) is 20.3 Å². The van der Waals surface area contributed by atoms with E-state index in [0.717, 1.165) is 49.1 Å². The van der Waals surface area contributed by atoms with Crippen LogP contribution in [-0.4, -0.2) is 30.1 Å². The van der Waals surface area contributed by atoms with Crippen molar-refractivity contribution >= 4 is 19.2 Å². The zero-order valence-corrected chi connectivity index (χ0v) is 19.0. The second kappa shape index (κ2) is 12.6. The van der Waals surface area contributed by atoms with Gasteiger partial charge < -0.3 is 19.5 Å². The number of hydrogen-bond donors (Lipinski definition) is 2. The lowest BCUT2D eigenvalue weighted by Crippen LogP contribution is -2.16. The fourth-order valence-electron chi connectivity index (χ4n) is 3.70. The Morgan fingerprint density at radius 1 is 1.03 bits per heavy atom. The maximum Gasteiger partial charge on any atom is 0.316 e. The molecule has 3 rings (SSSR count). The Balaban J connectivity index is 1.53. The van der Waals surface area contributed by atoms with Crippen LogP contribution in [0.15, 0.2) is 54.7 Å². The molecule has 0 fully saturated rings. The molecule has 2 N–H and O–H groups in total. The van der Waals surface area contributed by atoms with Gasteiger partial charge in [0, 0.05) is 18.1 Å². The molecule has 0 saturated carbocycles. The smallest absolute Gasteiger partial charge is 0.316 e. The molecule has 2 aromatic carbocycles. The maximum absolute atomic E-state index is 10.6. The molecule has 1 unspecified atom stereocenters. The average molecular weight is 442 g/mol. The van der Waals surface area contributed by atoms with Crippen LogP contribution < -0.4 is 10.1 Å². The van der Waals surface area contributed by atoms with Crippen molar-refractivity contribution in [2.24, 2.45) is 0 Å². The quantitative estimate of drug-likeness (QED) is 0.295. The highest BCUT2D eigenvalue weighted by molar-refractivity contribution is 7.32. The van der Waals surface area contributed by atoms with Crippen molar-refractivity contribution in [3.05, 3.63) is 71.4 Å². The van der Waals surface area contributed by atoms with E-state index >= 15 is 0 Å². The molecule has 166 valence electrons. The molecule has 31 heavy (non-hydrogen) atoms. The summed E-state index contributed by atoms with van der Waals surface area (Å²) in [6.45, 7) is 1.71. The summed E-state index contributed by atoms with van der Waals surface area (Å²) in [5, 5.41) is 4.58. The summed E-state index contributed by atoms with van der Waals surface area (Å²) in [7, 11) is -1.13. The molecule has 0 saturated heterocycles. The molecule has 0 radical (unpaired) electrons. The Labute approximate surface area is 184 Å². The first-order valence-electron chi connectivity index (χ1n) is 10.7. The summed E-state index contributed by atoms with van der Waals surface area (Å²) in [5.41, 5.74) is 4.84. The summed E-state index contributed by atoms with van der Waals surface area (Å²) in [6, 6.07) is 16.8. The van der Waals surface area contributed by atoms with E-state index in [2.05, 4.69) is 40.6 Å². The average Bonchev–Trinajstić information content (AvgIpc) is 2.79. The maximum atomic E-state index is 10.6. The standard InChI is InChI=1S/C24H31N2O4P/c1-29-22-10-4-8-19(17-22)7-2-3-9-20-12-13-21(24-23(20)11-5-15-26-24)18-25-14-6-16-30-31(27)28/h4-5,8,10-13,15,17,25,31H,2-3,6-7,9,14,16,18H2,1H3,(H,27,28). The van der Waals surface area contributed by atoms with Crippen LogP contribution in [-0.2, 0) is 28.5 Å². The number of aromatic nitrogens is 1. The third kappa shape index (κ3) is 7.44. The van der Waals surface area contributed by atoms with Crippen molar-refractivity contribution in [3.8, 4) is 5.75 Å². The van der Waals surface area contributed by atoms with Crippen LogP contribution in [0.3, 0.4) is 0 Å². The zero-order chi connectivity index (χ0) is 21.9. The summed E-state index contributed by atoms with van der Waals surface area (Å²) in [6.07, 6.45) is 6.84. The van der Waals surface area contributed by atoms with Gasteiger partial charge in [0.15, 0.2) is 0 Å². The van der Waals surface area contributed by atoms with Gasteiger partial charge in [-0.15, -0.1) is 0 Å². The highest BCUT2D eigenvalue weighted by Crippen LogP contribution is 2.23. The van der Waals surface area contributed by atoms with Gasteiger partial charge in [-0.2, -0.15) is 0 Å². The summed E-state index contributed by atoms with van der Waals surface area (Å²) in [5.74, 6) is 0.913. The Hall–Kier alpha value is -2.24. The Morgan fingerprint density at radius 3 is 2.71 bits per heavy atom. The highest BCUT2D eigenvalue weighted by Gasteiger charge is 2.07. The van der Waals surface area contributed by atoms with Crippen LogP contribution in [0, 0.1) is 0 Å². The van der Waals surface area contributed by atoms with Gasteiger partial charge in [0.25, 0.3) is 0 Å². The molecule has 1 atom stereocenters. The molecular formula is C24H31N2O4P. The van der Waals surface area contributed by atoms with Crippen LogP contribution in [0.5, 0.6) is 5.75 Å². The molecule has 1 heterocycles. The van der Waals surface area contributed by atoms with Gasteiger partial charge in [-0.05, 0) is 73.5 Å². The minimum atomic E-state index is -2.83. The monoisotopic (exact) mass is 442 g/mol. The molecule has 0 aliphatic carbocycles. The molecule has 7 heteroatoms.